The van der Waals surface area contributed by atoms with Crippen LogP contribution in [0, 0.1) is 11.8 Å². The van der Waals surface area contributed by atoms with E-state index in [0.717, 1.165) is 19.3 Å². The Balaban J connectivity index is 2.06. The quantitative estimate of drug-likeness (QED) is 0.763. The summed E-state index contributed by atoms with van der Waals surface area (Å²) < 4.78 is 0. The number of carbonyl (C=O) groups is 2. The Labute approximate surface area is 105 Å². The first-order chi connectivity index (χ1) is 8.15. The molecule has 6 heteroatoms. The van der Waals surface area contributed by atoms with Gasteiger partial charge in [0.2, 0.25) is 5.91 Å². The lowest BCUT2D eigenvalue weighted by atomic mass is 9.94. The number of thioether (sulfide) groups is 1. The van der Waals surface area contributed by atoms with Crippen LogP contribution in [0.3, 0.4) is 0 Å². The van der Waals surface area contributed by atoms with E-state index < -0.39 is 12.0 Å². The minimum Gasteiger partial charge on any atom is -0.480 e. The molecule has 0 aromatic carbocycles. The van der Waals surface area contributed by atoms with E-state index in [-0.39, 0.29) is 17.7 Å². The topological polar surface area (TPSA) is 83.6 Å². The minimum absolute atomic E-state index is 0.00431. The van der Waals surface area contributed by atoms with Crippen LogP contribution in [-0.2, 0) is 9.59 Å². The number of hydrogen-bond donors (Lipinski definition) is 2. The largest absolute Gasteiger partial charge is 0.480 e. The molecule has 1 heterocycles. The molecule has 2 rings (SSSR count). The number of amides is 1. The SMILES string of the molecule is NCC1CCCC1C(=O)N1CSCC1C(=O)O. The summed E-state index contributed by atoms with van der Waals surface area (Å²) >= 11 is 1.51. The lowest BCUT2D eigenvalue weighted by Gasteiger charge is -2.26. The number of hydrogen-bond acceptors (Lipinski definition) is 4. The van der Waals surface area contributed by atoms with Gasteiger partial charge >= 0.3 is 5.97 Å². The highest BCUT2D eigenvalue weighted by Gasteiger charge is 2.41. The first-order valence-electron chi connectivity index (χ1n) is 5.96. The van der Waals surface area contributed by atoms with Crippen LogP contribution in [0.1, 0.15) is 19.3 Å². The summed E-state index contributed by atoms with van der Waals surface area (Å²) in [6, 6.07) is -0.647. The Bertz CT molecular complexity index is 324. The van der Waals surface area contributed by atoms with E-state index >= 15 is 0 Å². The smallest absolute Gasteiger partial charge is 0.327 e. The molecule has 2 aliphatic rings. The van der Waals surface area contributed by atoms with Crippen molar-refractivity contribution in [3.05, 3.63) is 0 Å². The number of nitrogens with zero attached hydrogens (tertiary/aromatic N) is 1. The number of nitrogens with two attached hydrogens (primary N) is 1. The predicted octanol–water partition coefficient (Wildman–Crippen LogP) is 0.347. The maximum Gasteiger partial charge on any atom is 0.327 e. The van der Waals surface area contributed by atoms with Gasteiger partial charge in [0, 0.05) is 11.7 Å². The summed E-state index contributed by atoms with van der Waals surface area (Å²) in [5.74, 6) is 0.286. The van der Waals surface area contributed by atoms with Crippen molar-refractivity contribution in [2.75, 3.05) is 18.2 Å². The maximum absolute atomic E-state index is 12.3. The highest BCUT2D eigenvalue weighted by Crippen LogP contribution is 2.34. The summed E-state index contributed by atoms with van der Waals surface area (Å²) in [5, 5.41) is 9.07. The van der Waals surface area contributed by atoms with Gasteiger partial charge in [0.15, 0.2) is 0 Å². The third-order valence-corrected chi connectivity index (χ3v) is 4.74. The van der Waals surface area contributed by atoms with Gasteiger partial charge in [0.25, 0.3) is 0 Å². The Morgan fingerprint density at radius 2 is 2.18 bits per heavy atom. The predicted molar refractivity (Wildman–Crippen MR) is 65.5 cm³/mol. The summed E-state index contributed by atoms with van der Waals surface area (Å²) in [7, 11) is 0. The van der Waals surface area contributed by atoms with E-state index in [2.05, 4.69) is 0 Å². The van der Waals surface area contributed by atoms with Crippen molar-refractivity contribution in [3.8, 4) is 0 Å². The molecule has 0 spiro atoms. The maximum atomic E-state index is 12.3. The average Bonchev–Trinajstić information content (AvgIpc) is 2.96. The van der Waals surface area contributed by atoms with Gasteiger partial charge in [-0.1, -0.05) is 6.42 Å². The number of rotatable bonds is 3. The second kappa shape index (κ2) is 5.27. The number of carbonyl (C=O) groups excluding carboxylic acids is 1. The zero-order valence-electron chi connectivity index (χ0n) is 9.67. The second-order valence-electron chi connectivity index (χ2n) is 4.70. The molecular weight excluding hydrogens is 240 g/mol. The van der Waals surface area contributed by atoms with Crippen LogP contribution >= 0.6 is 11.8 Å². The standard InChI is InChI=1S/C11H18N2O3S/c12-4-7-2-1-3-8(7)10(14)13-6-17-5-9(13)11(15)16/h7-9H,1-6,12H2,(H,15,16). The molecule has 2 fully saturated rings. The minimum atomic E-state index is -0.898. The van der Waals surface area contributed by atoms with Gasteiger partial charge in [-0.2, -0.15) is 0 Å². The van der Waals surface area contributed by atoms with Gasteiger partial charge in [-0.05, 0) is 25.3 Å². The van der Waals surface area contributed by atoms with Crippen LogP contribution in [-0.4, -0.2) is 46.1 Å². The second-order valence-corrected chi connectivity index (χ2v) is 5.69. The molecule has 0 aromatic rings. The van der Waals surface area contributed by atoms with Crippen LogP contribution in [0.5, 0.6) is 0 Å². The molecule has 0 aromatic heterocycles. The Hall–Kier alpha value is -0.750. The fraction of sp³-hybridized carbons (Fsp3) is 0.818. The van der Waals surface area contributed by atoms with Crippen LogP contribution in [0.15, 0.2) is 0 Å². The molecule has 5 nitrogen and oxygen atoms in total. The van der Waals surface area contributed by atoms with Crippen molar-refractivity contribution >= 4 is 23.6 Å². The molecule has 0 bridgehead atoms. The molecule has 3 unspecified atom stereocenters. The van der Waals surface area contributed by atoms with Crippen molar-refractivity contribution < 1.29 is 14.7 Å². The molecule has 1 aliphatic carbocycles. The van der Waals surface area contributed by atoms with Gasteiger partial charge in [0.05, 0.1) is 5.88 Å². The van der Waals surface area contributed by atoms with E-state index in [1.807, 2.05) is 0 Å². The Kier molecular flexibility index (Phi) is 3.93. The molecule has 3 N–H and O–H groups in total. The zero-order chi connectivity index (χ0) is 12.4. The number of carboxylic acids is 1. The third-order valence-electron chi connectivity index (χ3n) is 3.73. The fourth-order valence-corrected chi connectivity index (χ4v) is 3.88. The molecular formula is C11H18N2O3S. The van der Waals surface area contributed by atoms with E-state index in [0.29, 0.717) is 18.2 Å². The zero-order valence-corrected chi connectivity index (χ0v) is 10.5. The molecule has 1 saturated heterocycles. The normalized spacial score (nSPS) is 33.0. The van der Waals surface area contributed by atoms with Crippen molar-refractivity contribution in [2.45, 2.75) is 25.3 Å². The third kappa shape index (κ3) is 2.42. The average molecular weight is 258 g/mol. The van der Waals surface area contributed by atoms with Crippen LogP contribution in [0.2, 0.25) is 0 Å². The fourth-order valence-electron chi connectivity index (χ4n) is 2.72. The van der Waals surface area contributed by atoms with Crippen LogP contribution in [0.25, 0.3) is 0 Å². The van der Waals surface area contributed by atoms with E-state index in [9.17, 15) is 9.59 Å². The lowest BCUT2D eigenvalue weighted by Crippen LogP contribution is -2.45. The molecule has 0 radical (unpaired) electrons. The molecule has 1 amide bonds. The Morgan fingerprint density at radius 3 is 2.82 bits per heavy atom. The van der Waals surface area contributed by atoms with E-state index in [4.69, 9.17) is 10.8 Å². The van der Waals surface area contributed by atoms with Gasteiger partial charge in [-0.15, -0.1) is 11.8 Å². The van der Waals surface area contributed by atoms with Crippen molar-refractivity contribution in [3.63, 3.8) is 0 Å². The molecule has 3 atom stereocenters. The van der Waals surface area contributed by atoms with Crippen molar-refractivity contribution in [1.82, 2.24) is 4.90 Å². The Morgan fingerprint density at radius 1 is 1.41 bits per heavy atom. The van der Waals surface area contributed by atoms with Crippen LogP contribution in [0.4, 0.5) is 0 Å². The first-order valence-corrected chi connectivity index (χ1v) is 7.11. The molecule has 96 valence electrons. The van der Waals surface area contributed by atoms with Gasteiger partial charge in [-0.25, -0.2) is 4.79 Å². The van der Waals surface area contributed by atoms with Crippen LogP contribution < -0.4 is 5.73 Å². The van der Waals surface area contributed by atoms with E-state index in [1.165, 1.54) is 16.7 Å². The first kappa shape index (κ1) is 12.7. The number of carboxylic acid groups (broad SMARTS) is 1. The monoisotopic (exact) mass is 258 g/mol. The summed E-state index contributed by atoms with van der Waals surface area (Å²) in [6.45, 7) is 0.523. The molecule has 1 saturated carbocycles. The summed E-state index contributed by atoms with van der Waals surface area (Å²) in [5.41, 5.74) is 5.66. The van der Waals surface area contributed by atoms with Gasteiger partial charge in [0.1, 0.15) is 6.04 Å². The van der Waals surface area contributed by atoms with Gasteiger partial charge in [-0.3, -0.25) is 4.79 Å². The lowest BCUT2D eigenvalue weighted by molar-refractivity contribution is -0.149. The number of aliphatic carboxylic acids is 1. The summed E-state index contributed by atoms with van der Waals surface area (Å²) in [6.07, 6.45) is 2.87. The van der Waals surface area contributed by atoms with E-state index in [1.54, 1.807) is 0 Å². The van der Waals surface area contributed by atoms with Crippen molar-refractivity contribution in [1.29, 1.82) is 0 Å². The van der Waals surface area contributed by atoms with Crippen molar-refractivity contribution in [2.24, 2.45) is 17.6 Å². The summed E-state index contributed by atoms with van der Waals surface area (Å²) in [4.78, 5) is 24.9. The highest BCUT2D eigenvalue weighted by atomic mass is 32.2. The molecule has 17 heavy (non-hydrogen) atoms. The molecule has 1 aliphatic heterocycles. The highest BCUT2D eigenvalue weighted by molar-refractivity contribution is 7.99. The van der Waals surface area contributed by atoms with Gasteiger partial charge < -0.3 is 15.7 Å².